The number of rotatable bonds is 6. The average Bonchev–Trinajstić information content (AvgIpc) is 2.91. The van der Waals surface area contributed by atoms with Crippen LogP contribution in [0.2, 0.25) is 0 Å². The molecule has 0 saturated carbocycles. The van der Waals surface area contributed by atoms with Gasteiger partial charge in [-0.15, -0.1) is 0 Å². The van der Waals surface area contributed by atoms with Crippen molar-refractivity contribution in [2.75, 3.05) is 13.2 Å². The number of carbonyl (C=O) groups excluding carboxylic acids is 1. The molecule has 0 unspecified atom stereocenters. The molecule has 120 valence electrons. The molecule has 3 rings (SSSR count). The summed E-state index contributed by atoms with van der Waals surface area (Å²) in [7, 11) is 0. The van der Waals surface area contributed by atoms with Crippen LogP contribution in [0.3, 0.4) is 0 Å². The highest BCUT2D eigenvalue weighted by Crippen LogP contribution is 2.43. The van der Waals surface area contributed by atoms with Crippen molar-refractivity contribution in [3.63, 3.8) is 0 Å². The molecular formula is C20H23NO2. The molecule has 0 aromatic heterocycles. The van der Waals surface area contributed by atoms with E-state index in [2.05, 4.69) is 60.8 Å². The Morgan fingerprint density at radius 3 is 2.22 bits per heavy atom. The number of nitrogens with one attached hydrogen (secondary N) is 1. The van der Waals surface area contributed by atoms with E-state index in [9.17, 15) is 4.79 Å². The maximum absolute atomic E-state index is 11.9. The lowest BCUT2D eigenvalue weighted by atomic mass is 9.97. The van der Waals surface area contributed by atoms with E-state index in [-0.39, 0.29) is 12.0 Å². The second-order valence-electron chi connectivity index (χ2n) is 5.95. The minimum absolute atomic E-state index is 0.200. The van der Waals surface area contributed by atoms with Crippen LogP contribution >= 0.6 is 0 Å². The Kier molecular flexibility index (Phi) is 4.96. The van der Waals surface area contributed by atoms with Crippen molar-refractivity contribution in [3.05, 3.63) is 59.7 Å². The zero-order valence-electron chi connectivity index (χ0n) is 13.5. The van der Waals surface area contributed by atoms with Gasteiger partial charge in [0.05, 0.1) is 6.61 Å². The lowest BCUT2D eigenvalue weighted by molar-refractivity contribution is 0.144. The summed E-state index contributed by atoms with van der Waals surface area (Å²) in [5, 5.41) is 2.92. The minimum Gasteiger partial charge on any atom is -0.450 e. The molecular weight excluding hydrogens is 286 g/mol. The predicted molar refractivity (Wildman–Crippen MR) is 92.6 cm³/mol. The molecule has 2 aromatic carbocycles. The second-order valence-corrected chi connectivity index (χ2v) is 5.95. The van der Waals surface area contributed by atoms with Gasteiger partial charge in [0, 0.05) is 12.5 Å². The van der Waals surface area contributed by atoms with Crippen molar-refractivity contribution in [1.82, 2.24) is 5.32 Å². The first kappa shape index (κ1) is 15.6. The van der Waals surface area contributed by atoms with Crippen LogP contribution in [0.15, 0.2) is 48.5 Å². The summed E-state index contributed by atoms with van der Waals surface area (Å²) in [4.78, 5) is 11.9. The molecule has 1 aliphatic carbocycles. The minimum atomic E-state index is -0.317. The number of hydrogen-bond acceptors (Lipinski definition) is 2. The number of amides is 1. The van der Waals surface area contributed by atoms with Gasteiger partial charge in [0.1, 0.15) is 0 Å². The fourth-order valence-electron chi connectivity index (χ4n) is 3.23. The maximum Gasteiger partial charge on any atom is 0.407 e. The highest BCUT2D eigenvalue weighted by Gasteiger charge is 2.28. The van der Waals surface area contributed by atoms with Crippen molar-refractivity contribution in [3.8, 4) is 11.1 Å². The molecule has 0 atom stereocenters. The van der Waals surface area contributed by atoms with Crippen LogP contribution in [0.25, 0.3) is 11.1 Å². The van der Waals surface area contributed by atoms with Gasteiger partial charge in [-0.2, -0.15) is 0 Å². The Morgan fingerprint density at radius 2 is 1.61 bits per heavy atom. The molecule has 1 aliphatic rings. The van der Waals surface area contributed by atoms with Crippen LogP contribution in [0.1, 0.15) is 43.2 Å². The Bertz CT molecular complexity index is 635. The van der Waals surface area contributed by atoms with Crippen molar-refractivity contribution in [1.29, 1.82) is 0 Å². The van der Waals surface area contributed by atoms with Crippen LogP contribution in [0, 0.1) is 0 Å². The van der Waals surface area contributed by atoms with Crippen LogP contribution in [0.4, 0.5) is 4.79 Å². The zero-order chi connectivity index (χ0) is 16.1. The molecule has 1 N–H and O–H groups in total. The molecule has 0 radical (unpaired) electrons. The largest absolute Gasteiger partial charge is 0.450 e. The number of carbonyl (C=O) groups is 1. The van der Waals surface area contributed by atoms with Crippen LogP contribution in [-0.2, 0) is 4.74 Å². The molecule has 1 amide bonds. The quantitative estimate of drug-likeness (QED) is 0.784. The highest BCUT2D eigenvalue weighted by atomic mass is 16.5. The van der Waals surface area contributed by atoms with E-state index in [1.165, 1.54) is 22.3 Å². The average molecular weight is 309 g/mol. The van der Waals surface area contributed by atoms with E-state index in [4.69, 9.17) is 4.74 Å². The van der Waals surface area contributed by atoms with Crippen LogP contribution in [0.5, 0.6) is 0 Å². The molecule has 0 aliphatic heterocycles. The number of hydrogen-bond donors (Lipinski definition) is 1. The standard InChI is InChI=1S/C20H23NO2/c1-2-3-8-13-23-20(22)21-14-19-17-11-6-4-9-15(17)16-10-5-7-12-18(16)19/h4-7,9-12,19H,2-3,8,13-14H2,1H3,(H,21,22). The number of benzene rings is 2. The van der Waals surface area contributed by atoms with E-state index in [1.807, 2.05) is 0 Å². The van der Waals surface area contributed by atoms with Crippen molar-refractivity contribution < 1.29 is 9.53 Å². The molecule has 0 spiro atoms. The maximum atomic E-state index is 11.9. The van der Waals surface area contributed by atoms with Gasteiger partial charge in [0.25, 0.3) is 0 Å². The summed E-state index contributed by atoms with van der Waals surface area (Å²) < 4.78 is 5.23. The second kappa shape index (κ2) is 7.32. The first-order valence-electron chi connectivity index (χ1n) is 8.40. The Morgan fingerprint density at radius 1 is 1.00 bits per heavy atom. The molecule has 0 saturated heterocycles. The summed E-state index contributed by atoms with van der Waals surface area (Å²) in [6, 6.07) is 16.8. The summed E-state index contributed by atoms with van der Waals surface area (Å²) >= 11 is 0. The van der Waals surface area contributed by atoms with Gasteiger partial charge in [-0.3, -0.25) is 0 Å². The van der Waals surface area contributed by atoms with E-state index < -0.39 is 0 Å². The Balaban J connectivity index is 1.65. The number of ether oxygens (including phenoxy) is 1. The monoisotopic (exact) mass is 309 g/mol. The molecule has 0 fully saturated rings. The van der Waals surface area contributed by atoms with Gasteiger partial charge >= 0.3 is 6.09 Å². The number of unbranched alkanes of at least 4 members (excludes halogenated alkanes) is 2. The summed E-state index contributed by atoms with van der Waals surface area (Å²) in [5.74, 6) is 0.200. The normalized spacial score (nSPS) is 12.6. The fraction of sp³-hybridized carbons (Fsp3) is 0.350. The van der Waals surface area contributed by atoms with Crippen LogP contribution < -0.4 is 5.32 Å². The third-order valence-electron chi connectivity index (χ3n) is 4.39. The smallest absolute Gasteiger partial charge is 0.407 e. The lowest BCUT2D eigenvalue weighted by Crippen LogP contribution is -2.29. The highest BCUT2D eigenvalue weighted by molar-refractivity contribution is 5.79. The topological polar surface area (TPSA) is 38.3 Å². The Hall–Kier alpha value is -2.29. The SMILES string of the molecule is CCCCCOC(=O)NCC1c2ccccc2-c2ccccc21. The van der Waals surface area contributed by atoms with Gasteiger partial charge in [-0.25, -0.2) is 4.79 Å². The van der Waals surface area contributed by atoms with E-state index in [1.54, 1.807) is 0 Å². The fourth-order valence-corrected chi connectivity index (χ4v) is 3.23. The van der Waals surface area contributed by atoms with E-state index in [0.717, 1.165) is 19.3 Å². The van der Waals surface area contributed by atoms with Crippen LogP contribution in [-0.4, -0.2) is 19.2 Å². The molecule has 23 heavy (non-hydrogen) atoms. The van der Waals surface area contributed by atoms with Gasteiger partial charge in [-0.05, 0) is 28.7 Å². The molecule has 3 heteroatoms. The van der Waals surface area contributed by atoms with Gasteiger partial charge in [0.2, 0.25) is 0 Å². The molecule has 0 bridgehead atoms. The first-order chi connectivity index (χ1) is 11.3. The van der Waals surface area contributed by atoms with Gasteiger partial charge in [-0.1, -0.05) is 68.3 Å². The third-order valence-corrected chi connectivity index (χ3v) is 4.39. The summed E-state index contributed by atoms with van der Waals surface area (Å²) in [6.45, 7) is 3.20. The van der Waals surface area contributed by atoms with Crippen molar-refractivity contribution in [2.24, 2.45) is 0 Å². The van der Waals surface area contributed by atoms with E-state index in [0.29, 0.717) is 13.2 Å². The Labute approximate surface area is 137 Å². The first-order valence-corrected chi connectivity index (χ1v) is 8.40. The lowest BCUT2D eigenvalue weighted by Gasteiger charge is -2.14. The molecule has 0 heterocycles. The van der Waals surface area contributed by atoms with Crippen molar-refractivity contribution >= 4 is 6.09 Å². The number of alkyl carbamates (subject to hydrolysis) is 1. The van der Waals surface area contributed by atoms with E-state index >= 15 is 0 Å². The van der Waals surface area contributed by atoms with Crippen molar-refractivity contribution in [2.45, 2.75) is 32.1 Å². The van der Waals surface area contributed by atoms with Gasteiger partial charge in [0.15, 0.2) is 0 Å². The molecule has 3 nitrogen and oxygen atoms in total. The summed E-state index contributed by atoms with van der Waals surface area (Å²) in [6.07, 6.45) is 2.83. The number of fused-ring (bicyclic) bond motifs is 3. The van der Waals surface area contributed by atoms with Gasteiger partial charge < -0.3 is 10.1 Å². The third kappa shape index (κ3) is 3.39. The zero-order valence-corrected chi connectivity index (χ0v) is 13.5. The summed E-state index contributed by atoms with van der Waals surface area (Å²) in [5.41, 5.74) is 5.09. The molecule has 2 aromatic rings. The predicted octanol–water partition coefficient (Wildman–Crippen LogP) is 4.72.